The second kappa shape index (κ2) is 6.89. The summed E-state index contributed by atoms with van der Waals surface area (Å²) in [6, 6.07) is 7.19. The minimum atomic E-state index is -0.0561. The summed E-state index contributed by atoms with van der Waals surface area (Å²) in [7, 11) is 0. The van der Waals surface area contributed by atoms with Crippen LogP contribution in [0.15, 0.2) is 24.3 Å². The topological polar surface area (TPSA) is 52.6 Å². The summed E-state index contributed by atoms with van der Waals surface area (Å²) in [6.07, 6.45) is 2.22. The third-order valence-corrected chi connectivity index (χ3v) is 3.60. The lowest BCUT2D eigenvalue weighted by Gasteiger charge is -2.25. The van der Waals surface area contributed by atoms with Gasteiger partial charge in [-0.3, -0.25) is 4.79 Å². The van der Waals surface area contributed by atoms with Gasteiger partial charge in [-0.1, -0.05) is 11.6 Å². The second-order valence-corrected chi connectivity index (χ2v) is 5.21. The molecule has 0 aliphatic carbocycles. The molecule has 4 nitrogen and oxygen atoms in total. The van der Waals surface area contributed by atoms with Gasteiger partial charge in [-0.05, 0) is 43.7 Å². The molecular weight excluding hydrogens is 264 g/mol. The summed E-state index contributed by atoms with van der Waals surface area (Å²) in [4.78, 5) is 14.1. The SMILES string of the molecule is O=C(c1ccc(Cl)cc1)N(CCO)CC1CCCN1. The summed E-state index contributed by atoms with van der Waals surface area (Å²) in [5.41, 5.74) is 0.607. The van der Waals surface area contributed by atoms with Crippen molar-refractivity contribution >= 4 is 17.5 Å². The van der Waals surface area contributed by atoms with E-state index in [9.17, 15) is 4.79 Å². The monoisotopic (exact) mass is 282 g/mol. The fourth-order valence-corrected chi connectivity index (χ4v) is 2.48. The summed E-state index contributed by atoms with van der Waals surface area (Å²) in [5, 5.41) is 13.1. The average Bonchev–Trinajstić information content (AvgIpc) is 2.91. The third kappa shape index (κ3) is 3.93. The van der Waals surface area contributed by atoms with Crippen LogP contribution in [0.4, 0.5) is 0 Å². The minimum Gasteiger partial charge on any atom is -0.395 e. The molecule has 1 heterocycles. The molecule has 1 aliphatic heterocycles. The van der Waals surface area contributed by atoms with Crippen LogP contribution in [0.2, 0.25) is 5.02 Å². The van der Waals surface area contributed by atoms with Gasteiger partial charge in [0.1, 0.15) is 0 Å². The number of carbonyl (C=O) groups is 1. The Hall–Kier alpha value is -1.10. The lowest BCUT2D eigenvalue weighted by Crippen LogP contribution is -2.42. The van der Waals surface area contributed by atoms with Crippen molar-refractivity contribution in [2.45, 2.75) is 18.9 Å². The highest BCUT2D eigenvalue weighted by molar-refractivity contribution is 6.30. The van der Waals surface area contributed by atoms with Gasteiger partial charge in [-0.2, -0.15) is 0 Å². The number of nitrogens with zero attached hydrogens (tertiary/aromatic N) is 1. The van der Waals surface area contributed by atoms with Gasteiger partial charge in [-0.15, -0.1) is 0 Å². The minimum absolute atomic E-state index is 0.0218. The molecule has 104 valence electrons. The van der Waals surface area contributed by atoms with Gasteiger partial charge in [0.15, 0.2) is 0 Å². The molecule has 1 saturated heterocycles. The van der Waals surface area contributed by atoms with Gasteiger partial charge < -0.3 is 15.3 Å². The molecule has 19 heavy (non-hydrogen) atoms. The Morgan fingerprint density at radius 3 is 2.74 bits per heavy atom. The smallest absolute Gasteiger partial charge is 0.253 e. The van der Waals surface area contributed by atoms with E-state index in [-0.39, 0.29) is 12.5 Å². The zero-order valence-electron chi connectivity index (χ0n) is 10.8. The molecule has 2 rings (SSSR count). The highest BCUT2D eigenvalue weighted by Gasteiger charge is 2.21. The largest absolute Gasteiger partial charge is 0.395 e. The molecule has 1 amide bonds. The molecule has 1 aromatic rings. The van der Waals surface area contributed by atoms with E-state index in [1.807, 2.05) is 0 Å². The first-order chi connectivity index (χ1) is 9.20. The van der Waals surface area contributed by atoms with Gasteiger partial charge in [-0.25, -0.2) is 0 Å². The highest BCUT2D eigenvalue weighted by Crippen LogP contribution is 2.13. The molecule has 0 saturated carbocycles. The van der Waals surface area contributed by atoms with E-state index in [1.54, 1.807) is 29.2 Å². The number of benzene rings is 1. The van der Waals surface area contributed by atoms with Crippen molar-refractivity contribution in [3.8, 4) is 0 Å². The fraction of sp³-hybridized carbons (Fsp3) is 0.500. The first-order valence-electron chi connectivity index (χ1n) is 6.60. The maximum atomic E-state index is 12.4. The van der Waals surface area contributed by atoms with Gasteiger partial charge in [0.05, 0.1) is 6.61 Å². The van der Waals surface area contributed by atoms with Crippen LogP contribution in [0.5, 0.6) is 0 Å². The maximum absolute atomic E-state index is 12.4. The molecular formula is C14H19ClN2O2. The molecule has 1 unspecified atom stereocenters. The summed E-state index contributed by atoms with van der Waals surface area (Å²) >= 11 is 5.82. The molecule has 5 heteroatoms. The standard InChI is InChI=1S/C14H19ClN2O2/c15-12-5-3-11(4-6-12)14(19)17(8-9-18)10-13-2-1-7-16-13/h3-6,13,16,18H,1-2,7-10H2. The Morgan fingerprint density at radius 1 is 1.42 bits per heavy atom. The van der Waals surface area contributed by atoms with E-state index in [2.05, 4.69) is 5.32 Å². The predicted octanol–water partition coefficient (Wildman–Crippen LogP) is 1.53. The van der Waals surface area contributed by atoms with Crippen LogP contribution in [0.1, 0.15) is 23.2 Å². The highest BCUT2D eigenvalue weighted by atomic mass is 35.5. The number of hydrogen-bond acceptors (Lipinski definition) is 3. The quantitative estimate of drug-likeness (QED) is 0.861. The molecule has 0 radical (unpaired) electrons. The van der Waals surface area contributed by atoms with E-state index < -0.39 is 0 Å². The number of aliphatic hydroxyl groups is 1. The van der Waals surface area contributed by atoms with E-state index in [4.69, 9.17) is 16.7 Å². The van der Waals surface area contributed by atoms with Crippen molar-refractivity contribution in [3.63, 3.8) is 0 Å². The van der Waals surface area contributed by atoms with Crippen molar-refractivity contribution in [2.24, 2.45) is 0 Å². The van der Waals surface area contributed by atoms with E-state index >= 15 is 0 Å². The average molecular weight is 283 g/mol. The van der Waals surface area contributed by atoms with E-state index in [1.165, 1.54) is 0 Å². The fourth-order valence-electron chi connectivity index (χ4n) is 2.35. The molecule has 1 aliphatic rings. The van der Waals surface area contributed by atoms with Crippen molar-refractivity contribution in [3.05, 3.63) is 34.9 Å². The van der Waals surface area contributed by atoms with Crippen LogP contribution in [0.3, 0.4) is 0 Å². The van der Waals surface area contributed by atoms with Crippen LogP contribution in [0, 0.1) is 0 Å². The Labute approximate surface area is 118 Å². The number of rotatable bonds is 5. The molecule has 1 aromatic carbocycles. The number of aliphatic hydroxyl groups excluding tert-OH is 1. The summed E-state index contributed by atoms with van der Waals surface area (Å²) in [6.45, 7) is 1.99. The van der Waals surface area contributed by atoms with Gasteiger partial charge in [0, 0.05) is 29.7 Å². The Kier molecular flexibility index (Phi) is 5.19. The van der Waals surface area contributed by atoms with Crippen molar-refractivity contribution < 1.29 is 9.90 Å². The molecule has 0 bridgehead atoms. The van der Waals surface area contributed by atoms with Crippen LogP contribution >= 0.6 is 11.6 Å². The van der Waals surface area contributed by atoms with Crippen molar-refractivity contribution in [1.82, 2.24) is 10.2 Å². The number of halogens is 1. The molecule has 1 fully saturated rings. The predicted molar refractivity (Wildman–Crippen MR) is 75.5 cm³/mol. The van der Waals surface area contributed by atoms with Crippen molar-refractivity contribution in [2.75, 3.05) is 26.2 Å². The van der Waals surface area contributed by atoms with Gasteiger partial charge in [0.2, 0.25) is 0 Å². The lowest BCUT2D eigenvalue weighted by molar-refractivity contribution is 0.0706. The second-order valence-electron chi connectivity index (χ2n) is 4.77. The zero-order valence-corrected chi connectivity index (χ0v) is 11.6. The van der Waals surface area contributed by atoms with Crippen LogP contribution < -0.4 is 5.32 Å². The van der Waals surface area contributed by atoms with Crippen molar-refractivity contribution in [1.29, 1.82) is 0 Å². The number of amides is 1. The van der Waals surface area contributed by atoms with Crippen LogP contribution in [-0.2, 0) is 0 Å². The number of hydrogen-bond donors (Lipinski definition) is 2. The molecule has 0 spiro atoms. The molecule has 1 atom stereocenters. The van der Waals surface area contributed by atoms with Gasteiger partial charge >= 0.3 is 0 Å². The normalized spacial score (nSPS) is 18.5. The first-order valence-corrected chi connectivity index (χ1v) is 6.97. The Morgan fingerprint density at radius 2 is 2.16 bits per heavy atom. The van der Waals surface area contributed by atoms with Crippen LogP contribution in [0.25, 0.3) is 0 Å². The van der Waals surface area contributed by atoms with E-state index in [0.29, 0.717) is 29.7 Å². The molecule has 0 aromatic heterocycles. The summed E-state index contributed by atoms with van der Waals surface area (Å²) in [5.74, 6) is -0.0561. The lowest BCUT2D eigenvalue weighted by atomic mass is 10.1. The maximum Gasteiger partial charge on any atom is 0.253 e. The van der Waals surface area contributed by atoms with E-state index in [0.717, 1.165) is 19.4 Å². The zero-order chi connectivity index (χ0) is 13.7. The van der Waals surface area contributed by atoms with Crippen LogP contribution in [-0.4, -0.2) is 48.2 Å². The third-order valence-electron chi connectivity index (χ3n) is 3.35. The Balaban J connectivity index is 2.04. The van der Waals surface area contributed by atoms with Gasteiger partial charge in [0.25, 0.3) is 5.91 Å². The number of carbonyl (C=O) groups excluding carboxylic acids is 1. The first kappa shape index (κ1) is 14.3. The Bertz CT molecular complexity index is 416. The number of nitrogens with one attached hydrogen (secondary N) is 1. The molecule has 2 N–H and O–H groups in total. The summed E-state index contributed by atoms with van der Waals surface area (Å²) < 4.78 is 0.